The zero-order valence-corrected chi connectivity index (χ0v) is 18.9. The number of amides is 3. The fourth-order valence-corrected chi connectivity index (χ4v) is 3.86. The second-order valence-corrected chi connectivity index (χ2v) is 8.00. The number of primary amides is 3. The van der Waals surface area contributed by atoms with Crippen molar-refractivity contribution >= 4 is 17.7 Å². The molecule has 0 saturated carbocycles. The molecule has 8 heteroatoms. The number of nitrogens with zero attached hydrogens (tertiary/aromatic N) is 1. The number of nitrogens with two attached hydrogens (primary N) is 3. The van der Waals surface area contributed by atoms with E-state index in [0.717, 1.165) is 16.7 Å². The molecule has 3 aromatic rings. The van der Waals surface area contributed by atoms with E-state index in [4.69, 9.17) is 21.9 Å². The highest BCUT2D eigenvalue weighted by Crippen LogP contribution is 2.27. The molecule has 0 heterocycles. The van der Waals surface area contributed by atoms with Crippen LogP contribution < -0.4 is 17.2 Å². The van der Waals surface area contributed by atoms with E-state index in [9.17, 15) is 14.4 Å². The fourth-order valence-electron chi connectivity index (χ4n) is 3.86. The van der Waals surface area contributed by atoms with Gasteiger partial charge in [-0.05, 0) is 53.1 Å². The molecule has 8 nitrogen and oxygen atoms in total. The minimum Gasteiger partial charge on any atom is -0.383 e. The second kappa shape index (κ2) is 11.2. The maximum Gasteiger partial charge on any atom is 0.248 e. The van der Waals surface area contributed by atoms with Crippen LogP contribution in [0, 0.1) is 0 Å². The summed E-state index contributed by atoms with van der Waals surface area (Å²) in [6.07, 6.45) is 0. The van der Waals surface area contributed by atoms with E-state index in [0.29, 0.717) is 36.4 Å². The molecule has 0 spiro atoms. The van der Waals surface area contributed by atoms with Gasteiger partial charge >= 0.3 is 0 Å². The molecule has 0 bridgehead atoms. The van der Waals surface area contributed by atoms with Gasteiger partial charge in [0.2, 0.25) is 17.7 Å². The van der Waals surface area contributed by atoms with Crippen LogP contribution in [0.3, 0.4) is 0 Å². The van der Waals surface area contributed by atoms with Crippen LogP contribution in [0.2, 0.25) is 0 Å². The standard InChI is InChI=1S/C26H28N4O4/c1-34-16-23(19-7-4-10-22(13-19)26(29)33)30(14-17-5-2-8-20(11-17)24(27)31)15-18-6-3-9-21(12-18)25(28)32/h2-13,23H,14-16H2,1H3,(H2,27,31)(H2,28,32)(H2,29,33)/t23-/m1/s1. The van der Waals surface area contributed by atoms with Gasteiger partial charge in [-0.1, -0.05) is 36.4 Å². The summed E-state index contributed by atoms with van der Waals surface area (Å²) in [4.78, 5) is 37.3. The van der Waals surface area contributed by atoms with E-state index in [2.05, 4.69) is 4.90 Å². The number of hydrogen-bond acceptors (Lipinski definition) is 5. The third-order valence-corrected chi connectivity index (χ3v) is 5.52. The molecular formula is C26H28N4O4. The van der Waals surface area contributed by atoms with E-state index >= 15 is 0 Å². The van der Waals surface area contributed by atoms with Crippen LogP contribution in [0.15, 0.2) is 72.8 Å². The molecule has 0 aliphatic carbocycles. The molecule has 1 atom stereocenters. The van der Waals surface area contributed by atoms with Gasteiger partial charge < -0.3 is 21.9 Å². The minimum atomic E-state index is -0.520. The number of carbonyl (C=O) groups is 3. The average molecular weight is 461 g/mol. The number of carbonyl (C=O) groups excluding carboxylic acids is 3. The predicted octanol–water partition coefficient (Wildman–Crippen LogP) is 2.37. The van der Waals surface area contributed by atoms with Crippen molar-refractivity contribution in [3.05, 3.63) is 106 Å². The molecule has 176 valence electrons. The predicted molar refractivity (Wildman–Crippen MR) is 129 cm³/mol. The van der Waals surface area contributed by atoms with Gasteiger partial charge in [0.1, 0.15) is 0 Å². The van der Waals surface area contributed by atoms with Crippen LogP contribution >= 0.6 is 0 Å². The molecule has 3 amide bonds. The van der Waals surface area contributed by atoms with Crippen molar-refractivity contribution in [1.29, 1.82) is 0 Å². The van der Waals surface area contributed by atoms with Crippen LogP contribution in [0.4, 0.5) is 0 Å². The summed E-state index contributed by atoms with van der Waals surface area (Å²) in [5.74, 6) is -1.54. The Bertz CT molecular complexity index is 1140. The Balaban J connectivity index is 2.04. The van der Waals surface area contributed by atoms with Crippen LogP contribution in [-0.4, -0.2) is 36.3 Å². The number of methoxy groups -OCH3 is 1. The first-order chi connectivity index (χ1) is 16.3. The molecule has 0 aromatic heterocycles. The zero-order chi connectivity index (χ0) is 24.7. The number of ether oxygens (including phenoxy) is 1. The van der Waals surface area contributed by atoms with E-state index in [1.165, 1.54) is 0 Å². The monoisotopic (exact) mass is 460 g/mol. The van der Waals surface area contributed by atoms with Crippen LogP contribution in [-0.2, 0) is 17.8 Å². The first kappa shape index (κ1) is 24.6. The molecule has 0 fully saturated rings. The topological polar surface area (TPSA) is 142 Å². The van der Waals surface area contributed by atoms with Crippen molar-refractivity contribution in [3.63, 3.8) is 0 Å². The van der Waals surface area contributed by atoms with Gasteiger partial charge in [0.15, 0.2) is 0 Å². The van der Waals surface area contributed by atoms with E-state index in [1.807, 2.05) is 18.2 Å². The Hall–Kier alpha value is -4.01. The average Bonchev–Trinajstić information content (AvgIpc) is 2.82. The lowest BCUT2D eigenvalue weighted by Crippen LogP contribution is -2.31. The van der Waals surface area contributed by atoms with Gasteiger partial charge in [0, 0.05) is 36.9 Å². The Morgan fingerprint density at radius 3 is 1.62 bits per heavy atom. The van der Waals surface area contributed by atoms with Crippen LogP contribution in [0.1, 0.15) is 53.8 Å². The summed E-state index contributed by atoms with van der Waals surface area (Å²) >= 11 is 0. The molecular weight excluding hydrogens is 432 g/mol. The largest absolute Gasteiger partial charge is 0.383 e. The lowest BCUT2D eigenvalue weighted by molar-refractivity contribution is 0.0792. The molecule has 34 heavy (non-hydrogen) atoms. The molecule has 0 unspecified atom stereocenters. The van der Waals surface area contributed by atoms with Crippen molar-refractivity contribution in [2.24, 2.45) is 17.2 Å². The van der Waals surface area contributed by atoms with Crippen molar-refractivity contribution < 1.29 is 19.1 Å². The van der Waals surface area contributed by atoms with E-state index in [-0.39, 0.29) is 6.04 Å². The Labute approximate surface area is 198 Å². The van der Waals surface area contributed by atoms with E-state index in [1.54, 1.807) is 61.7 Å². The Morgan fingerprint density at radius 2 is 1.18 bits per heavy atom. The summed E-state index contributed by atoms with van der Waals surface area (Å²) < 4.78 is 5.53. The number of hydrogen-bond donors (Lipinski definition) is 3. The smallest absolute Gasteiger partial charge is 0.248 e. The minimum absolute atomic E-state index is 0.265. The Kier molecular flexibility index (Phi) is 8.13. The summed E-state index contributed by atoms with van der Waals surface area (Å²) in [5, 5.41) is 0. The third kappa shape index (κ3) is 6.28. The molecule has 3 aromatic carbocycles. The second-order valence-electron chi connectivity index (χ2n) is 8.00. The summed E-state index contributed by atoms with van der Waals surface area (Å²) in [6, 6.07) is 21.0. The van der Waals surface area contributed by atoms with Gasteiger partial charge in [0.05, 0.1) is 12.6 Å². The molecule has 0 aliphatic heterocycles. The lowest BCUT2D eigenvalue weighted by atomic mass is 10.00. The quantitative estimate of drug-likeness (QED) is 0.403. The number of benzene rings is 3. The summed E-state index contributed by atoms with van der Waals surface area (Å²) in [5.41, 5.74) is 20.2. The highest BCUT2D eigenvalue weighted by Gasteiger charge is 2.23. The van der Waals surface area contributed by atoms with Gasteiger partial charge in [-0.3, -0.25) is 19.3 Å². The molecule has 3 rings (SSSR count). The van der Waals surface area contributed by atoms with Gasteiger partial charge in [-0.15, -0.1) is 0 Å². The third-order valence-electron chi connectivity index (χ3n) is 5.52. The highest BCUT2D eigenvalue weighted by molar-refractivity contribution is 5.93. The Morgan fingerprint density at radius 1 is 0.735 bits per heavy atom. The first-order valence-corrected chi connectivity index (χ1v) is 10.7. The van der Waals surface area contributed by atoms with Crippen molar-refractivity contribution in [1.82, 2.24) is 4.90 Å². The first-order valence-electron chi connectivity index (χ1n) is 10.7. The normalized spacial score (nSPS) is 11.8. The molecule has 6 N–H and O–H groups in total. The molecule has 0 saturated heterocycles. The van der Waals surface area contributed by atoms with Crippen LogP contribution in [0.25, 0.3) is 0 Å². The van der Waals surface area contributed by atoms with Crippen molar-refractivity contribution in [2.75, 3.05) is 13.7 Å². The van der Waals surface area contributed by atoms with Crippen molar-refractivity contribution in [2.45, 2.75) is 19.1 Å². The number of rotatable bonds is 11. The lowest BCUT2D eigenvalue weighted by Gasteiger charge is -2.32. The molecule has 0 radical (unpaired) electrons. The van der Waals surface area contributed by atoms with Gasteiger partial charge in [-0.25, -0.2) is 0 Å². The zero-order valence-electron chi connectivity index (χ0n) is 18.9. The fraction of sp³-hybridized carbons (Fsp3) is 0.192. The maximum atomic E-state index is 11.8. The van der Waals surface area contributed by atoms with Gasteiger partial charge in [0.25, 0.3) is 0 Å². The van der Waals surface area contributed by atoms with E-state index < -0.39 is 17.7 Å². The van der Waals surface area contributed by atoms with Crippen LogP contribution in [0.5, 0.6) is 0 Å². The van der Waals surface area contributed by atoms with Crippen molar-refractivity contribution in [3.8, 4) is 0 Å². The SMILES string of the molecule is COC[C@H](c1cccc(C(N)=O)c1)N(Cc1cccc(C(N)=O)c1)Cc1cccc(C(N)=O)c1. The highest BCUT2D eigenvalue weighted by atomic mass is 16.5. The van der Waals surface area contributed by atoms with Gasteiger partial charge in [-0.2, -0.15) is 0 Å². The maximum absolute atomic E-state index is 11.8. The summed E-state index contributed by atoms with van der Waals surface area (Å²) in [6.45, 7) is 1.21. The summed E-state index contributed by atoms with van der Waals surface area (Å²) in [7, 11) is 1.60. The molecule has 0 aliphatic rings.